The molecular formula is C33H38N6O2. The molecule has 3 aromatic rings. The first-order chi connectivity index (χ1) is 20.0. The van der Waals surface area contributed by atoms with Gasteiger partial charge in [-0.05, 0) is 99.2 Å². The number of aliphatic imine (C=N–C) groups is 2. The molecule has 8 nitrogen and oxygen atoms in total. The number of benzene rings is 3. The van der Waals surface area contributed by atoms with Crippen LogP contribution in [-0.2, 0) is 0 Å². The number of aliphatic hydroxyl groups is 2. The predicted molar refractivity (Wildman–Crippen MR) is 170 cm³/mol. The van der Waals surface area contributed by atoms with Gasteiger partial charge in [0.05, 0.1) is 47.4 Å². The molecule has 3 aromatic carbocycles. The fraction of sp³-hybridized carbons (Fsp3) is 0.273. The second-order valence-electron chi connectivity index (χ2n) is 9.53. The molecule has 0 bridgehead atoms. The van der Waals surface area contributed by atoms with Crippen molar-refractivity contribution in [2.45, 2.75) is 20.8 Å². The van der Waals surface area contributed by atoms with Crippen LogP contribution in [0.4, 0.5) is 28.4 Å². The highest BCUT2D eigenvalue weighted by atomic mass is 16.3. The Hall–Kier alpha value is -4.40. The van der Waals surface area contributed by atoms with Gasteiger partial charge in [-0.1, -0.05) is 18.2 Å². The third-order valence-electron chi connectivity index (χ3n) is 6.75. The summed E-state index contributed by atoms with van der Waals surface area (Å²) in [7, 11) is 0. The molecule has 1 aliphatic rings. The van der Waals surface area contributed by atoms with E-state index in [9.17, 15) is 10.2 Å². The van der Waals surface area contributed by atoms with Crippen molar-refractivity contribution in [3.05, 3.63) is 102 Å². The van der Waals surface area contributed by atoms with E-state index < -0.39 is 0 Å². The summed E-state index contributed by atoms with van der Waals surface area (Å²) in [4.78, 5) is 14.1. The second-order valence-corrected chi connectivity index (χ2v) is 9.53. The number of allylic oxidation sites excluding steroid dienone is 3. The Bertz CT molecular complexity index is 1430. The minimum Gasteiger partial charge on any atom is -0.395 e. The van der Waals surface area contributed by atoms with Crippen LogP contribution in [-0.4, -0.2) is 61.0 Å². The molecule has 0 amide bonds. The zero-order valence-electron chi connectivity index (χ0n) is 24.0. The van der Waals surface area contributed by atoms with Crippen molar-refractivity contribution < 1.29 is 10.2 Å². The number of anilines is 2. The summed E-state index contributed by atoms with van der Waals surface area (Å²) >= 11 is 0. The molecule has 0 heterocycles. The van der Waals surface area contributed by atoms with Gasteiger partial charge in [-0.2, -0.15) is 10.2 Å². The molecule has 2 N–H and O–H groups in total. The summed E-state index contributed by atoms with van der Waals surface area (Å²) < 4.78 is 0. The molecule has 0 unspecified atom stereocenters. The lowest BCUT2D eigenvalue weighted by molar-refractivity contribution is 0.281. The molecule has 212 valence electrons. The molecule has 0 radical (unpaired) electrons. The van der Waals surface area contributed by atoms with Gasteiger partial charge in [0.1, 0.15) is 0 Å². The van der Waals surface area contributed by atoms with E-state index in [-0.39, 0.29) is 13.2 Å². The van der Waals surface area contributed by atoms with Gasteiger partial charge >= 0.3 is 0 Å². The molecule has 0 aromatic heterocycles. The Morgan fingerprint density at radius 3 is 1.98 bits per heavy atom. The van der Waals surface area contributed by atoms with Crippen molar-refractivity contribution in [3.63, 3.8) is 0 Å². The smallest absolute Gasteiger partial charge is 0.0915 e. The van der Waals surface area contributed by atoms with E-state index in [4.69, 9.17) is 9.98 Å². The van der Waals surface area contributed by atoms with E-state index in [0.717, 1.165) is 41.4 Å². The van der Waals surface area contributed by atoms with Crippen molar-refractivity contribution in [3.8, 4) is 0 Å². The van der Waals surface area contributed by atoms with E-state index in [1.807, 2.05) is 77.7 Å². The van der Waals surface area contributed by atoms with Crippen LogP contribution in [0.5, 0.6) is 0 Å². The second kappa shape index (κ2) is 14.8. The van der Waals surface area contributed by atoms with Crippen molar-refractivity contribution in [1.82, 2.24) is 0 Å². The third kappa shape index (κ3) is 8.06. The van der Waals surface area contributed by atoms with Crippen LogP contribution in [0.2, 0.25) is 0 Å². The maximum atomic E-state index is 9.30. The maximum Gasteiger partial charge on any atom is 0.0915 e. The summed E-state index contributed by atoms with van der Waals surface area (Å²) in [5, 5.41) is 27.5. The maximum absolute atomic E-state index is 9.30. The highest BCUT2D eigenvalue weighted by Crippen LogP contribution is 2.27. The number of hydrogen-bond acceptors (Lipinski definition) is 8. The molecule has 8 heteroatoms. The number of rotatable bonds is 12. The molecule has 1 aliphatic carbocycles. The van der Waals surface area contributed by atoms with Crippen LogP contribution in [0.25, 0.3) is 0 Å². The molecule has 0 fully saturated rings. The van der Waals surface area contributed by atoms with Crippen LogP contribution >= 0.6 is 0 Å². The molecule has 41 heavy (non-hydrogen) atoms. The Morgan fingerprint density at radius 1 is 0.659 bits per heavy atom. The first kappa shape index (κ1) is 29.6. The minimum atomic E-state index is 0.0152. The lowest BCUT2D eigenvalue weighted by Crippen LogP contribution is -2.29. The van der Waals surface area contributed by atoms with Crippen molar-refractivity contribution >= 4 is 39.9 Å². The highest BCUT2D eigenvalue weighted by Gasteiger charge is 2.13. The number of nitrogens with zero attached hydrogens (tertiary/aromatic N) is 6. The topological polar surface area (TPSA) is 96.4 Å². The third-order valence-corrected chi connectivity index (χ3v) is 6.75. The summed E-state index contributed by atoms with van der Waals surface area (Å²) in [5.74, 6) is 0. The van der Waals surface area contributed by atoms with Gasteiger partial charge in [0.25, 0.3) is 0 Å². The highest BCUT2D eigenvalue weighted by molar-refractivity contribution is 6.52. The Labute approximate surface area is 242 Å². The van der Waals surface area contributed by atoms with Gasteiger partial charge in [0, 0.05) is 37.6 Å². The van der Waals surface area contributed by atoms with E-state index in [0.29, 0.717) is 30.2 Å². The molecule has 0 saturated carbocycles. The standard InChI is InChI=1S/C33H38N6O2/c1-4-38(5-2)30-16-18-31(25(3)23-30)35-32-17-13-28(24-33(32)34-26-9-7-6-8-10-26)37-36-27-11-14-29(15-12-27)39(19-21-40)20-22-41/h6-18,23-24,40-41H,4-5,19-22H2,1-3H3. The number of para-hydroxylation sites is 1. The summed E-state index contributed by atoms with van der Waals surface area (Å²) in [5.41, 5.74) is 7.75. The van der Waals surface area contributed by atoms with Crippen LogP contribution in [0, 0.1) is 6.92 Å². The largest absolute Gasteiger partial charge is 0.395 e. The summed E-state index contributed by atoms with van der Waals surface area (Å²) in [6.45, 7) is 9.25. The van der Waals surface area contributed by atoms with Crippen molar-refractivity contribution in [2.24, 2.45) is 20.2 Å². The molecular weight excluding hydrogens is 512 g/mol. The van der Waals surface area contributed by atoms with Crippen molar-refractivity contribution in [2.75, 3.05) is 49.2 Å². The van der Waals surface area contributed by atoms with Gasteiger partial charge in [0.15, 0.2) is 0 Å². The lowest BCUT2D eigenvalue weighted by atomic mass is 10.1. The first-order valence-electron chi connectivity index (χ1n) is 14.0. The molecule has 0 atom stereocenters. The van der Waals surface area contributed by atoms with Gasteiger partial charge in [0.2, 0.25) is 0 Å². The van der Waals surface area contributed by atoms with Gasteiger partial charge < -0.3 is 20.0 Å². The normalized spacial score (nSPS) is 15.1. The summed E-state index contributed by atoms with van der Waals surface area (Å²) in [6.07, 6.45) is 5.72. The SMILES string of the molecule is CCN(CC)c1ccc(N=C2C=CC(N=Nc3ccc(N(CCO)CCO)cc3)=CC2=Nc2ccccc2)c(C)c1. The lowest BCUT2D eigenvalue weighted by Gasteiger charge is -2.22. The quantitative estimate of drug-likeness (QED) is 0.193. The number of hydrogen-bond donors (Lipinski definition) is 2. The van der Waals surface area contributed by atoms with E-state index >= 15 is 0 Å². The van der Waals surface area contributed by atoms with Crippen LogP contribution < -0.4 is 9.80 Å². The Morgan fingerprint density at radius 2 is 1.34 bits per heavy atom. The summed E-state index contributed by atoms with van der Waals surface area (Å²) in [6, 6.07) is 23.7. The number of azo groups is 1. The van der Waals surface area contributed by atoms with E-state index in [2.05, 4.69) is 54.1 Å². The molecule has 0 spiro atoms. The van der Waals surface area contributed by atoms with Crippen molar-refractivity contribution in [1.29, 1.82) is 0 Å². The monoisotopic (exact) mass is 550 g/mol. The van der Waals surface area contributed by atoms with Crippen LogP contribution in [0.1, 0.15) is 19.4 Å². The van der Waals surface area contributed by atoms with Gasteiger partial charge in [-0.25, -0.2) is 9.98 Å². The Balaban J connectivity index is 1.60. The van der Waals surface area contributed by atoms with Gasteiger partial charge in [-0.3, -0.25) is 0 Å². The average molecular weight is 551 g/mol. The molecule has 0 aliphatic heterocycles. The fourth-order valence-electron chi connectivity index (χ4n) is 4.54. The minimum absolute atomic E-state index is 0.0152. The Kier molecular flexibility index (Phi) is 10.7. The molecule has 0 saturated heterocycles. The number of aliphatic hydroxyl groups excluding tert-OH is 2. The average Bonchev–Trinajstić information content (AvgIpc) is 3.00. The van der Waals surface area contributed by atoms with E-state index in [1.165, 1.54) is 5.69 Å². The van der Waals surface area contributed by atoms with Gasteiger partial charge in [-0.15, -0.1) is 0 Å². The predicted octanol–water partition coefficient (Wildman–Crippen LogP) is 6.72. The fourth-order valence-corrected chi connectivity index (χ4v) is 4.54. The zero-order valence-corrected chi connectivity index (χ0v) is 24.0. The van der Waals surface area contributed by atoms with E-state index in [1.54, 1.807) is 0 Å². The zero-order chi connectivity index (χ0) is 29.0. The van der Waals surface area contributed by atoms with Crippen LogP contribution in [0.15, 0.2) is 117 Å². The number of aryl methyl sites for hydroxylation is 1. The molecule has 4 rings (SSSR count). The first-order valence-corrected chi connectivity index (χ1v) is 14.0. The van der Waals surface area contributed by atoms with Crippen LogP contribution in [0.3, 0.4) is 0 Å².